The molecule has 3 aromatic rings. The summed E-state index contributed by atoms with van der Waals surface area (Å²) in [4.78, 5) is 24.8. The molecule has 0 aliphatic heterocycles. The Labute approximate surface area is 203 Å². The van der Waals surface area contributed by atoms with Crippen LogP contribution in [0, 0.1) is 0 Å². The lowest BCUT2D eigenvalue weighted by atomic mass is 10.2. The third-order valence-electron chi connectivity index (χ3n) is 4.60. The van der Waals surface area contributed by atoms with E-state index in [2.05, 4.69) is 27.4 Å². The van der Waals surface area contributed by atoms with Crippen LogP contribution in [-0.4, -0.2) is 39.4 Å². The van der Waals surface area contributed by atoms with Crippen LogP contribution in [-0.2, 0) is 28.7 Å². The maximum absolute atomic E-state index is 12.9. The van der Waals surface area contributed by atoms with E-state index in [1.54, 1.807) is 42.0 Å². The molecule has 35 heavy (non-hydrogen) atoms. The van der Waals surface area contributed by atoms with Crippen LogP contribution in [0.1, 0.15) is 11.4 Å². The fourth-order valence-electron chi connectivity index (χ4n) is 2.99. The van der Waals surface area contributed by atoms with Crippen LogP contribution in [0.4, 0.5) is 24.5 Å². The van der Waals surface area contributed by atoms with E-state index >= 15 is 0 Å². The predicted octanol–water partition coefficient (Wildman–Crippen LogP) is 4.40. The van der Waals surface area contributed by atoms with Gasteiger partial charge in [-0.1, -0.05) is 23.9 Å². The number of carbonyl (C=O) groups is 2. The minimum absolute atomic E-state index is 0.0360. The quantitative estimate of drug-likeness (QED) is 0.313. The van der Waals surface area contributed by atoms with Gasteiger partial charge in [0.05, 0.1) is 24.8 Å². The number of hydrogen-bond donors (Lipinski definition) is 2. The second-order valence-corrected chi connectivity index (χ2v) is 8.11. The molecule has 0 radical (unpaired) electrons. The normalized spacial score (nSPS) is 11.1. The Morgan fingerprint density at radius 3 is 2.46 bits per heavy atom. The summed E-state index contributed by atoms with van der Waals surface area (Å²) >= 11 is 1.04. The first-order chi connectivity index (χ1) is 16.7. The molecule has 2 aromatic carbocycles. The Balaban J connectivity index is 1.61. The molecule has 184 valence electrons. The fourth-order valence-corrected chi connectivity index (χ4v) is 3.76. The molecular weight excluding hydrogens is 483 g/mol. The maximum atomic E-state index is 12.9. The summed E-state index contributed by atoms with van der Waals surface area (Å²) < 4.78 is 45.3. The molecule has 0 unspecified atom stereocenters. The number of allylic oxidation sites excluding steroid dienone is 1. The highest BCUT2D eigenvalue weighted by molar-refractivity contribution is 7.99. The van der Waals surface area contributed by atoms with Crippen molar-refractivity contribution < 1.29 is 27.5 Å². The summed E-state index contributed by atoms with van der Waals surface area (Å²) in [5.74, 6) is 0.0843. The van der Waals surface area contributed by atoms with E-state index in [9.17, 15) is 22.8 Å². The number of halogens is 3. The van der Waals surface area contributed by atoms with Crippen molar-refractivity contribution in [2.24, 2.45) is 0 Å². The Hall–Kier alpha value is -3.80. The van der Waals surface area contributed by atoms with Crippen LogP contribution < -0.4 is 15.4 Å². The summed E-state index contributed by atoms with van der Waals surface area (Å²) in [6.45, 7) is 3.99. The van der Waals surface area contributed by atoms with Gasteiger partial charge in [0.25, 0.3) is 0 Å². The zero-order chi connectivity index (χ0) is 25.4. The molecule has 2 N–H and O–H groups in total. The van der Waals surface area contributed by atoms with E-state index in [1.165, 1.54) is 12.1 Å². The fraction of sp³-hybridized carbons (Fsp3) is 0.217. The molecule has 2 amide bonds. The molecule has 0 bridgehead atoms. The van der Waals surface area contributed by atoms with Gasteiger partial charge in [-0.15, -0.1) is 16.8 Å². The summed E-state index contributed by atoms with van der Waals surface area (Å²) in [6, 6.07) is 11.2. The SMILES string of the molecule is C=CCn1c(CC(=O)Nc2ccc(OC)cc2)nnc1SCC(=O)Nc1cccc(C(F)(F)F)c1. The van der Waals surface area contributed by atoms with Crippen molar-refractivity contribution in [3.8, 4) is 5.75 Å². The minimum Gasteiger partial charge on any atom is -0.497 e. The standard InChI is InChI=1S/C23H22F3N5O3S/c1-3-11-31-19(13-20(32)27-16-7-9-18(34-2)10-8-16)29-30-22(31)35-14-21(33)28-17-6-4-5-15(12-17)23(24,25)26/h3-10,12H,1,11,13-14H2,2H3,(H,27,32)(H,28,33). The molecule has 0 aliphatic rings. The Morgan fingerprint density at radius 2 is 1.80 bits per heavy atom. The van der Waals surface area contributed by atoms with Crippen molar-refractivity contribution in [2.45, 2.75) is 24.3 Å². The molecular formula is C23H22F3N5O3S. The highest BCUT2D eigenvalue weighted by atomic mass is 32.2. The summed E-state index contributed by atoms with van der Waals surface area (Å²) in [5, 5.41) is 13.7. The van der Waals surface area contributed by atoms with Crippen LogP contribution in [0.25, 0.3) is 0 Å². The summed E-state index contributed by atoms with van der Waals surface area (Å²) in [5.41, 5.74) is -0.230. The van der Waals surface area contributed by atoms with E-state index in [0.717, 1.165) is 23.9 Å². The molecule has 0 atom stereocenters. The Kier molecular flexibility index (Phi) is 8.53. The van der Waals surface area contributed by atoms with Crippen LogP contribution in [0.2, 0.25) is 0 Å². The number of anilines is 2. The smallest absolute Gasteiger partial charge is 0.416 e. The molecule has 3 rings (SSSR count). The van der Waals surface area contributed by atoms with Gasteiger partial charge >= 0.3 is 6.18 Å². The first-order valence-corrected chi connectivity index (χ1v) is 11.2. The largest absolute Gasteiger partial charge is 0.497 e. The number of carbonyl (C=O) groups excluding carboxylic acids is 2. The number of nitrogens with zero attached hydrogens (tertiary/aromatic N) is 3. The third-order valence-corrected chi connectivity index (χ3v) is 5.57. The van der Waals surface area contributed by atoms with Crippen LogP contribution in [0.5, 0.6) is 5.75 Å². The zero-order valence-electron chi connectivity index (χ0n) is 18.6. The molecule has 12 heteroatoms. The average Bonchev–Trinajstić information content (AvgIpc) is 3.19. The third kappa shape index (κ3) is 7.34. The molecule has 1 aromatic heterocycles. The molecule has 0 fully saturated rings. The van der Waals surface area contributed by atoms with Crippen molar-refractivity contribution in [1.29, 1.82) is 0 Å². The number of ether oxygens (including phenoxy) is 1. The minimum atomic E-state index is -4.51. The van der Waals surface area contributed by atoms with Gasteiger partial charge in [-0.3, -0.25) is 9.59 Å². The van der Waals surface area contributed by atoms with E-state index in [0.29, 0.717) is 29.0 Å². The molecule has 0 saturated carbocycles. The van der Waals surface area contributed by atoms with Crippen molar-refractivity contribution in [3.05, 3.63) is 72.6 Å². The lowest BCUT2D eigenvalue weighted by molar-refractivity contribution is -0.137. The van der Waals surface area contributed by atoms with Crippen LogP contribution >= 0.6 is 11.8 Å². The number of amides is 2. The number of nitrogens with one attached hydrogen (secondary N) is 2. The first kappa shape index (κ1) is 25.8. The van der Waals surface area contributed by atoms with Crippen molar-refractivity contribution in [3.63, 3.8) is 0 Å². The monoisotopic (exact) mass is 505 g/mol. The first-order valence-electron chi connectivity index (χ1n) is 10.3. The van der Waals surface area contributed by atoms with E-state index in [1.807, 2.05) is 0 Å². The number of aromatic nitrogens is 3. The summed E-state index contributed by atoms with van der Waals surface area (Å²) in [7, 11) is 1.55. The number of alkyl halides is 3. The molecule has 0 spiro atoms. The number of hydrogen-bond acceptors (Lipinski definition) is 6. The summed E-state index contributed by atoms with van der Waals surface area (Å²) in [6.07, 6.45) is -2.97. The van der Waals surface area contributed by atoms with Gasteiger partial charge in [0.2, 0.25) is 11.8 Å². The lowest BCUT2D eigenvalue weighted by Gasteiger charge is -2.10. The number of rotatable bonds is 10. The average molecular weight is 506 g/mol. The van der Waals surface area contributed by atoms with Crippen molar-refractivity contribution in [1.82, 2.24) is 14.8 Å². The second kappa shape index (κ2) is 11.6. The van der Waals surface area contributed by atoms with Crippen molar-refractivity contribution >= 4 is 35.0 Å². The van der Waals surface area contributed by atoms with Gasteiger partial charge in [0.1, 0.15) is 11.6 Å². The van der Waals surface area contributed by atoms with Crippen molar-refractivity contribution in [2.75, 3.05) is 23.5 Å². The number of benzene rings is 2. The second-order valence-electron chi connectivity index (χ2n) is 7.17. The van der Waals surface area contributed by atoms with Gasteiger partial charge in [-0.05, 0) is 42.5 Å². The van der Waals surface area contributed by atoms with Gasteiger partial charge in [0, 0.05) is 17.9 Å². The number of thioether (sulfide) groups is 1. The van der Waals surface area contributed by atoms with E-state index in [4.69, 9.17) is 4.74 Å². The van der Waals surface area contributed by atoms with Gasteiger partial charge in [0.15, 0.2) is 5.16 Å². The Morgan fingerprint density at radius 1 is 1.09 bits per heavy atom. The molecule has 1 heterocycles. The lowest BCUT2D eigenvalue weighted by Crippen LogP contribution is -2.18. The van der Waals surface area contributed by atoms with Gasteiger partial charge < -0.3 is 19.9 Å². The maximum Gasteiger partial charge on any atom is 0.416 e. The van der Waals surface area contributed by atoms with Crippen LogP contribution in [0.3, 0.4) is 0 Å². The Bertz CT molecular complexity index is 1200. The molecule has 8 nitrogen and oxygen atoms in total. The topological polar surface area (TPSA) is 98.1 Å². The van der Waals surface area contributed by atoms with Gasteiger partial charge in [-0.25, -0.2) is 0 Å². The number of methoxy groups -OCH3 is 1. The van der Waals surface area contributed by atoms with Gasteiger partial charge in [-0.2, -0.15) is 13.2 Å². The van der Waals surface area contributed by atoms with Crippen LogP contribution in [0.15, 0.2) is 66.3 Å². The molecule has 0 aliphatic carbocycles. The zero-order valence-corrected chi connectivity index (χ0v) is 19.4. The van der Waals surface area contributed by atoms with E-state index < -0.39 is 17.6 Å². The predicted molar refractivity (Wildman–Crippen MR) is 126 cm³/mol. The molecule has 0 saturated heterocycles. The van der Waals surface area contributed by atoms with E-state index in [-0.39, 0.29) is 23.8 Å². The highest BCUT2D eigenvalue weighted by Crippen LogP contribution is 2.30. The highest BCUT2D eigenvalue weighted by Gasteiger charge is 2.30.